The third kappa shape index (κ3) is 4.35. The molecule has 0 radical (unpaired) electrons. The van der Waals surface area contributed by atoms with Crippen molar-refractivity contribution in [3.63, 3.8) is 0 Å². The maximum atomic E-state index is 13.3. The minimum Gasteiger partial charge on any atom is -0.495 e. The zero-order valence-electron chi connectivity index (χ0n) is 15.6. The number of hydrogen-bond donors (Lipinski definition) is 1. The van der Waals surface area contributed by atoms with Crippen LogP contribution in [0.25, 0.3) is 0 Å². The fourth-order valence-corrected chi connectivity index (χ4v) is 8.53. The lowest BCUT2D eigenvalue weighted by molar-refractivity contribution is 0.402. The van der Waals surface area contributed by atoms with Crippen molar-refractivity contribution in [2.75, 3.05) is 18.6 Å². The summed E-state index contributed by atoms with van der Waals surface area (Å²) < 4.78 is 56.4. The second-order valence-electron chi connectivity index (χ2n) is 6.89. The first-order valence-corrected chi connectivity index (χ1v) is 12.4. The number of rotatable bonds is 6. The molecule has 0 aromatic heterocycles. The van der Waals surface area contributed by atoms with Gasteiger partial charge in [-0.3, -0.25) is 0 Å². The molecule has 0 amide bonds. The van der Waals surface area contributed by atoms with Crippen molar-refractivity contribution in [3.8, 4) is 5.75 Å². The van der Waals surface area contributed by atoms with Crippen molar-refractivity contribution >= 4 is 31.3 Å². The molecule has 2 atom stereocenters. The molecule has 0 spiro atoms. The Morgan fingerprint density at radius 1 is 1.18 bits per heavy atom. The van der Waals surface area contributed by atoms with E-state index < -0.39 is 36.7 Å². The maximum Gasteiger partial charge on any atom is 0.187 e. The first-order valence-electron chi connectivity index (χ1n) is 8.70. The molecule has 9 heteroatoms. The molecule has 0 bridgehead atoms. The van der Waals surface area contributed by atoms with Gasteiger partial charge in [-0.1, -0.05) is 35.9 Å². The summed E-state index contributed by atoms with van der Waals surface area (Å²) in [6.07, 6.45) is 0. The van der Waals surface area contributed by atoms with Gasteiger partial charge in [0.15, 0.2) is 19.7 Å². The highest BCUT2D eigenvalue weighted by atomic mass is 35.5. The summed E-state index contributed by atoms with van der Waals surface area (Å²) in [5.74, 6) is -0.456. The molecule has 28 heavy (non-hydrogen) atoms. The predicted octanol–water partition coefficient (Wildman–Crippen LogP) is 2.39. The number of ether oxygens (including phenoxy) is 1. The minimum absolute atomic E-state index is 0.0154. The number of methoxy groups -OCH3 is 1. The lowest BCUT2D eigenvalue weighted by Gasteiger charge is -2.21. The van der Waals surface area contributed by atoms with Crippen LogP contribution in [0.4, 0.5) is 0 Å². The summed E-state index contributed by atoms with van der Waals surface area (Å²) in [5.41, 5.74) is 1.53. The van der Waals surface area contributed by atoms with Crippen molar-refractivity contribution in [1.29, 1.82) is 0 Å². The van der Waals surface area contributed by atoms with Crippen LogP contribution < -0.4 is 10.1 Å². The normalized spacial score (nSPS) is 21.5. The van der Waals surface area contributed by atoms with E-state index in [0.717, 1.165) is 11.1 Å². The number of hydrogen-bond acceptors (Lipinski definition) is 6. The molecule has 0 unspecified atom stereocenters. The molecular formula is C19H22ClNO5S2. The van der Waals surface area contributed by atoms with E-state index in [2.05, 4.69) is 5.32 Å². The van der Waals surface area contributed by atoms with Gasteiger partial charge in [0.25, 0.3) is 0 Å². The highest BCUT2D eigenvalue weighted by Gasteiger charge is 2.46. The summed E-state index contributed by atoms with van der Waals surface area (Å²) in [6.45, 7) is 2.05. The summed E-state index contributed by atoms with van der Waals surface area (Å²) in [5, 5.41) is 2.53. The molecule has 1 fully saturated rings. The number of aryl methyl sites for hydroxylation is 1. The van der Waals surface area contributed by atoms with Gasteiger partial charge in [0, 0.05) is 17.6 Å². The number of benzene rings is 2. The summed E-state index contributed by atoms with van der Waals surface area (Å²) in [7, 11) is -6.04. The number of halogens is 1. The van der Waals surface area contributed by atoms with Crippen molar-refractivity contribution in [2.45, 2.75) is 29.7 Å². The maximum absolute atomic E-state index is 13.3. The van der Waals surface area contributed by atoms with Gasteiger partial charge in [-0.2, -0.15) is 0 Å². The highest BCUT2D eigenvalue weighted by Crippen LogP contribution is 2.32. The zero-order valence-corrected chi connectivity index (χ0v) is 17.9. The summed E-state index contributed by atoms with van der Waals surface area (Å²) in [6, 6.07) is 11.3. The number of sulfone groups is 2. The second kappa shape index (κ2) is 8.02. The van der Waals surface area contributed by atoms with Gasteiger partial charge in [-0.15, -0.1) is 0 Å². The molecule has 3 rings (SSSR count). The van der Waals surface area contributed by atoms with Crippen molar-refractivity contribution in [2.24, 2.45) is 0 Å². The monoisotopic (exact) mass is 443 g/mol. The topological polar surface area (TPSA) is 89.5 Å². The van der Waals surface area contributed by atoms with E-state index >= 15 is 0 Å². The van der Waals surface area contributed by atoms with Crippen LogP contribution >= 0.6 is 11.6 Å². The largest absolute Gasteiger partial charge is 0.495 e. The van der Waals surface area contributed by atoms with E-state index in [9.17, 15) is 16.8 Å². The van der Waals surface area contributed by atoms with Gasteiger partial charge in [-0.25, -0.2) is 16.8 Å². The molecule has 1 saturated heterocycles. The van der Waals surface area contributed by atoms with E-state index in [-0.39, 0.29) is 22.9 Å². The van der Waals surface area contributed by atoms with Gasteiger partial charge in [0.1, 0.15) is 10.6 Å². The Hall–Kier alpha value is -1.61. The molecular weight excluding hydrogens is 422 g/mol. The van der Waals surface area contributed by atoms with Crippen LogP contribution in [-0.2, 0) is 26.2 Å². The average Bonchev–Trinajstić information content (AvgIpc) is 2.96. The van der Waals surface area contributed by atoms with Crippen LogP contribution in [0.3, 0.4) is 0 Å². The predicted molar refractivity (Wildman–Crippen MR) is 109 cm³/mol. The van der Waals surface area contributed by atoms with E-state index in [1.54, 1.807) is 31.2 Å². The smallest absolute Gasteiger partial charge is 0.187 e. The Kier molecular flexibility index (Phi) is 6.05. The molecule has 1 heterocycles. The summed E-state index contributed by atoms with van der Waals surface area (Å²) >= 11 is 6.15. The van der Waals surface area contributed by atoms with Crippen LogP contribution in [0.5, 0.6) is 5.75 Å². The van der Waals surface area contributed by atoms with E-state index in [0.29, 0.717) is 5.02 Å². The van der Waals surface area contributed by atoms with Crippen molar-refractivity contribution in [3.05, 3.63) is 58.6 Å². The van der Waals surface area contributed by atoms with Crippen molar-refractivity contribution in [1.82, 2.24) is 5.32 Å². The minimum atomic E-state index is -3.94. The quantitative estimate of drug-likeness (QED) is 0.737. The Morgan fingerprint density at radius 3 is 2.57 bits per heavy atom. The molecule has 1 aliphatic rings. The van der Waals surface area contributed by atoms with E-state index in [4.69, 9.17) is 16.3 Å². The molecule has 1 aliphatic heterocycles. The molecule has 1 N–H and O–H groups in total. The van der Waals surface area contributed by atoms with Gasteiger partial charge in [0.2, 0.25) is 0 Å². The van der Waals surface area contributed by atoms with Gasteiger partial charge < -0.3 is 10.1 Å². The fraction of sp³-hybridized carbons (Fsp3) is 0.368. The van der Waals surface area contributed by atoms with Crippen LogP contribution in [0.2, 0.25) is 5.02 Å². The van der Waals surface area contributed by atoms with Crippen LogP contribution in [0, 0.1) is 6.92 Å². The Morgan fingerprint density at radius 2 is 1.89 bits per heavy atom. The lowest BCUT2D eigenvalue weighted by Crippen LogP contribution is -2.43. The first kappa shape index (κ1) is 21.1. The second-order valence-corrected chi connectivity index (χ2v) is 11.6. The van der Waals surface area contributed by atoms with Crippen molar-refractivity contribution < 1.29 is 21.6 Å². The van der Waals surface area contributed by atoms with Gasteiger partial charge in [0.05, 0.1) is 23.9 Å². The Balaban J connectivity index is 1.94. The molecule has 152 valence electrons. The van der Waals surface area contributed by atoms with E-state index in [1.165, 1.54) is 13.2 Å². The van der Waals surface area contributed by atoms with Gasteiger partial charge >= 0.3 is 0 Å². The van der Waals surface area contributed by atoms with Crippen LogP contribution in [0.1, 0.15) is 11.1 Å². The van der Waals surface area contributed by atoms with Gasteiger partial charge in [-0.05, 0) is 36.2 Å². The fourth-order valence-electron chi connectivity index (χ4n) is 3.36. The Bertz CT molecular complexity index is 1080. The zero-order chi connectivity index (χ0) is 20.5. The third-order valence-corrected chi connectivity index (χ3v) is 9.38. The molecule has 2 aromatic rings. The van der Waals surface area contributed by atoms with Crippen LogP contribution in [-0.4, -0.2) is 46.7 Å². The lowest BCUT2D eigenvalue weighted by atomic mass is 10.2. The first-order chi connectivity index (χ1) is 13.1. The molecule has 6 nitrogen and oxygen atoms in total. The SMILES string of the molecule is COc1ccc(C)cc1S(=O)(=O)[C@H]1CS(=O)(=O)C[C@@H]1NCc1ccccc1Cl. The van der Waals surface area contributed by atoms with E-state index in [1.807, 2.05) is 12.1 Å². The Labute approximate surface area is 170 Å². The van der Waals surface area contributed by atoms with Crippen LogP contribution in [0.15, 0.2) is 47.4 Å². The molecule has 0 aliphatic carbocycles. The highest BCUT2D eigenvalue weighted by molar-refractivity contribution is 7.96. The summed E-state index contributed by atoms with van der Waals surface area (Å²) in [4.78, 5) is 0.0154. The third-order valence-electron chi connectivity index (χ3n) is 4.84. The molecule has 2 aromatic carbocycles. The molecule has 0 saturated carbocycles. The number of nitrogens with one attached hydrogen (secondary N) is 1. The average molecular weight is 444 g/mol. The standard InChI is InChI=1S/C19H22ClNO5S2/c1-13-7-8-17(26-2)18(9-13)28(24,25)19-12-27(22,23)11-16(19)21-10-14-5-3-4-6-15(14)20/h3-9,16,19,21H,10-12H2,1-2H3/t16-,19-/m0/s1.